The molecular weight excluding hydrogens is 448 g/mol. The lowest BCUT2D eigenvalue weighted by Crippen LogP contribution is -2.27. The number of ether oxygens (including phenoxy) is 1. The van der Waals surface area contributed by atoms with Gasteiger partial charge in [0.15, 0.2) is 11.5 Å². The molecule has 5 rings (SSSR count). The zero-order chi connectivity index (χ0) is 24.2. The van der Waals surface area contributed by atoms with Crippen LogP contribution in [0.25, 0.3) is 11.5 Å². The molecule has 177 valence electrons. The van der Waals surface area contributed by atoms with Crippen molar-refractivity contribution in [3.63, 3.8) is 0 Å². The Morgan fingerprint density at radius 1 is 1.29 bits per heavy atom. The quantitative estimate of drug-likeness (QED) is 0.420. The molecule has 10 heteroatoms. The summed E-state index contributed by atoms with van der Waals surface area (Å²) in [4.78, 5) is 35.3. The molecule has 1 saturated heterocycles. The molecule has 35 heavy (non-hydrogen) atoms. The van der Waals surface area contributed by atoms with Crippen LogP contribution in [0.3, 0.4) is 0 Å². The van der Waals surface area contributed by atoms with Crippen LogP contribution in [0.5, 0.6) is 0 Å². The van der Waals surface area contributed by atoms with Gasteiger partial charge in [0.25, 0.3) is 5.91 Å². The maximum atomic E-state index is 12.8. The van der Waals surface area contributed by atoms with E-state index < -0.39 is 5.91 Å². The van der Waals surface area contributed by atoms with Crippen LogP contribution >= 0.6 is 0 Å². The third-order valence-corrected chi connectivity index (χ3v) is 5.59. The molecule has 3 aromatic heterocycles. The van der Waals surface area contributed by atoms with Gasteiger partial charge in [-0.2, -0.15) is 5.10 Å². The number of aryl methyl sites for hydroxylation is 1. The smallest absolute Gasteiger partial charge is 0.277 e. The molecule has 1 unspecified atom stereocenters. The third-order valence-electron chi connectivity index (χ3n) is 5.59. The number of rotatable bonds is 8. The SMILES string of the molecule is Cn1cc(NC(=O)c2coc(-c3c[c]ncc3)n2)c(N2CC(COCc3ccccc3)CC2=O)n1. The van der Waals surface area contributed by atoms with E-state index in [9.17, 15) is 9.59 Å². The lowest BCUT2D eigenvalue weighted by Gasteiger charge is -2.16. The predicted octanol–water partition coefficient (Wildman–Crippen LogP) is 3.09. The molecule has 0 aliphatic carbocycles. The van der Waals surface area contributed by atoms with Crippen molar-refractivity contribution in [3.8, 4) is 11.5 Å². The summed E-state index contributed by atoms with van der Waals surface area (Å²) in [5, 5.41) is 7.22. The number of pyridine rings is 1. The van der Waals surface area contributed by atoms with Crippen LogP contribution in [0.2, 0.25) is 0 Å². The normalized spacial score (nSPS) is 15.5. The molecule has 1 aliphatic heterocycles. The van der Waals surface area contributed by atoms with Gasteiger partial charge in [-0.15, -0.1) is 0 Å². The molecule has 1 radical (unpaired) electrons. The molecule has 1 N–H and O–H groups in total. The van der Waals surface area contributed by atoms with Crippen molar-refractivity contribution in [1.82, 2.24) is 19.7 Å². The lowest BCUT2D eigenvalue weighted by atomic mass is 10.1. The first kappa shape index (κ1) is 22.5. The molecule has 10 nitrogen and oxygen atoms in total. The summed E-state index contributed by atoms with van der Waals surface area (Å²) < 4.78 is 12.8. The average Bonchev–Trinajstić information content (AvgIpc) is 3.59. The number of nitrogens with zero attached hydrogens (tertiary/aromatic N) is 5. The van der Waals surface area contributed by atoms with Crippen LogP contribution in [0.1, 0.15) is 22.5 Å². The number of hydrogen-bond donors (Lipinski definition) is 1. The van der Waals surface area contributed by atoms with Crippen molar-refractivity contribution in [3.05, 3.63) is 78.6 Å². The first-order chi connectivity index (χ1) is 17.1. The molecule has 1 aliphatic rings. The molecule has 1 atom stereocenters. The number of nitrogens with one attached hydrogen (secondary N) is 1. The van der Waals surface area contributed by atoms with Crippen LogP contribution in [-0.4, -0.2) is 44.7 Å². The van der Waals surface area contributed by atoms with Crippen molar-refractivity contribution in [2.45, 2.75) is 13.0 Å². The van der Waals surface area contributed by atoms with E-state index in [2.05, 4.69) is 26.6 Å². The number of carbonyl (C=O) groups excluding carboxylic acids is 2. The number of aromatic nitrogens is 4. The minimum Gasteiger partial charge on any atom is -0.444 e. The Hall–Kier alpha value is -4.31. The van der Waals surface area contributed by atoms with Crippen LogP contribution in [-0.2, 0) is 23.2 Å². The molecule has 0 bridgehead atoms. The summed E-state index contributed by atoms with van der Waals surface area (Å²) in [5.41, 5.74) is 2.26. The fourth-order valence-electron chi connectivity index (χ4n) is 3.93. The van der Waals surface area contributed by atoms with E-state index in [1.807, 2.05) is 30.3 Å². The summed E-state index contributed by atoms with van der Waals surface area (Å²) in [5.74, 6) is 0.177. The second-order valence-corrected chi connectivity index (χ2v) is 8.28. The van der Waals surface area contributed by atoms with E-state index in [1.54, 1.807) is 41.2 Å². The highest BCUT2D eigenvalue weighted by molar-refractivity contribution is 6.06. The summed E-state index contributed by atoms with van der Waals surface area (Å²) in [6.45, 7) is 1.41. The van der Waals surface area contributed by atoms with Gasteiger partial charge in [-0.3, -0.25) is 24.2 Å². The first-order valence-corrected chi connectivity index (χ1v) is 11.1. The van der Waals surface area contributed by atoms with Gasteiger partial charge in [0, 0.05) is 37.7 Å². The van der Waals surface area contributed by atoms with Gasteiger partial charge in [0.05, 0.1) is 25.6 Å². The van der Waals surface area contributed by atoms with Crippen LogP contribution in [0.15, 0.2) is 65.5 Å². The molecule has 1 aromatic carbocycles. The minimum atomic E-state index is -0.471. The minimum absolute atomic E-state index is 0.0343. The van der Waals surface area contributed by atoms with E-state index in [0.717, 1.165) is 5.56 Å². The van der Waals surface area contributed by atoms with E-state index in [4.69, 9.17) is 9.15 Å². The van der Waals surface area contributed by atoms with Gasteiger partial charge in [0.1, 0.15) is 12.0 Å². The molecule has 0 spiro atoms. The van der Waals surface area contributed by atoms with Crippen molar-refractivity contribution in [2.24, 2.45) is 13.0 Å². The largest absolute Gasteiger partial charge is 0.444 e. The van der Waals surface area contributed by atoms with Gasteiger partial charge in [-0.05, 0) is 17.7 Å². The van der Waals surface area contributed by atoms with Crippen molar-refractivity contribution >= 4 is 23.3 Å². The number of carbonyl (C=O) groups is 2. The molecule has 0 saturated carbocycles. The summed E-state index contributed by atoms with van der Waals surface area (Å²) in [6, 6.07) is 13.2. The zero-order valence-corrected chi connectivity index (χ0v) is 19.0. The monoisotopic (exact) mass is 471 g/mol. The van der Waals surface area contributed by atoms with Crippen molar-refractivity contribution in [1.29, 1.82) is 0 Å². The summed E-state index contributed by atoms with van der Waals surface area (Å²) >= 11 is 0. The predicted molar refractivity (Wildman–Crippen MR) is 126 cm³/mol. The topological polar surface area (TPSA) is 115 Å². The third kappa shape index (κ3) is 5.12. The second kappa shape index (κ2) is 9.90. The molecule has 2 amide bonds. The van der Waals surface area contributed by atoms with Crippen LogP contribution in [0.4, 0.5) is 11.5 Å². The summed E-state index contributed by atoms with van der Waals surface area (Å²) in [6.07, 6.45) is 7.55. The number of hydrogen-bond acceptors (Lipinski definition) is 7. The highest BCUT2D eigenvalue weighted by atomic mass is 16.5. The van der Waals surface area contributed by atoms with Crippen LogP contribution in [0, 0.1) is 12.1 Å². The fourth-order valence-corrected chi connectivity index (χ4v) is 3.93. The lowest BCUT2D eigenvalue weighted by molar-refractivity contribution is -0.117. The Morgan fingerprint density at radius 3 is 2.94 bits per heavy atom. The van der Waals surface area contributed by atoms with Crippen LogP contribution < -0.4 is 10.2 Å². The maximum absolute atomic E-state index is 12.8. The van der Waals surface area contributed by atoms with E-state index in [-0.39, 0.29) is 23.4 Å². The number of oxazole rings is 1. The van der Waals surface area contributed by atoms with E-state index in [0.29, 0.717) is 43.2 Å². The standard InChI is InChI=1S/C25H23N6O4/c1-30-13-20(27-24(33)21-16-35-25(28-21)19-7-9-26-10-8-19)23(29-30)31-12-18(11-22(31)32)15-34-14-17-5-3-2-4-6-17/h2-9,13,16,18H,11-12,14-15H2,1H3,(H,27,33). The van der Waals surface area contributed by atoms with Gasteiger partial charge >= 0.3 is 0 Å². The Kier molecular flexibility index (Phi) is 6.36. The van der Waals surface area contributed by atoms with Gasteiger partial charge < -0.3 is 14.5 Å². The number of benzene rings is 1. The molecule has 1 fully saturated rings. The fraction of sp³-hybridized carbons (Fsp3) is 0.240. The van der Waals surface area contributed by atoms with Crippen molar-refractivity contribution in [2.75, 3.05) is 23.4 Å². The highest BCUT2D eigenvalue weighted by Crippen LogP contribution is 2.31. The Balaban J connectivity index is 1.24. The number of anilines is 2. The van der Waals surface area contributed by atoms with E-state index in [1.165, 1.54) is 6.26 Å². The Morgan fingerprint density at radius 2 is 2.14 bits per heavy atom. The van der Waals surface area contributed by atoms with E-state index >= 15 is 0 Å². The van der Waals surface area contributed by atoms with Gasteiger partial charge in [0.2, 0.25) is 11.8 Å². The van der Waals surface area contributed by atoms with Gasteiger partial charge in [-0.25, -0.2) is 4.98 Å². The molecule has 4 heterocycles. The molecular formula is C25H23N6O4. The van der Waals surface area contributed by atoms with Gasteiger partial charge in [-0.1, -0.05) is 30.3 Å². The highest BCUT2D eigenvalue weighted by Gasteiger charge is 2.34. The maximum Gasteiger partial charge on any atom is 0.277 e. The number of amides is 2. The Labute approximate surface area is 201 Å². The molecule has 4 aromatic rings. The zero-order valence-electron chi connectivity index (χ0n) is 19.0. The average molecular weight is 471 g/mol. The Bertz CT molecular complexity index is 1320. The first-order valence-electron chi connectivity index (χ1n) is 11.1. The summed E-state index contributed by atoms with van der Waals surface area (Å²) in [7, 11) is 1.73. The second-order valence-electron chi connectivity index (χ2n) is 8.28. The van der Waals surface area contributed by atoms with Crippen molar-refractivity contribution < 1.29 is 18.7 Å².